The van der Waals surface area contributed by atoms with Crippen LogP contribution in [-0.2, 0) is 16.1 Å². The summed E-state index contributed by atoms with van der Waals surface area (Å²) in [4.78, 5) is 26.3. The summed E-state index contributed by atoms with van der Waals surface area (Å²) in [6.45, 7) is 3.91. The third-order valence-corrected chi connectivity index (χ3v) is 4.78. The number of carbonyl (C=O) groups excluding carboxylic acids is 2. The number of hydrogen-bond donors (Lipinski definition) is 1. The lowest BCUT2D eigenvalue weighted by Gasteiger charge is -2.17. The molecule has 0 spiro atoms. The molecule has 1 unspecified atom stereocenters. The Bertz CT molecular complexity index is 806. The largest absolute Gasteiger partial charge is 0.494 e. The number of halogens is 1. The van der Waals surface area contributed by atoms with Crippen LogP contribution < -0.4 is 10.1 Å². The Hall–Kier alpha value is -2.89. The lowest BCUT2D eigenvalue weighted by atomic mass is 10.1. The van der Waals surface area contributed by atoms with Crippen molar-refractivity contribution in [2.24, 2.45) is 5.92 Å². The summed E-state index contributed by atoms with van der Waals surface area (Å²) in [5.74, 6) is -0.0964. The monoisotopic (exact) mass is 384 g/mol. The molecule has 0 radical (unpaired) electrons. The van der Waals surface area contributed by atoms with Gasteiger partial charge in [-0.25, -0.2) is 4.39 Å². The molecule has 148 valence electrons. The highest BCUT2D eigenvalue weighted by Gasteiger charge is 2.33. The highest BCUT2D eigenvalue weighted by molar-refractivity contribution is 5.89. The molecule has 1 heterocycles. The quantitative estimate of drug-likeness (QED) is 0.712. The maximum absolute atomic E-state index is 12.8. The van der Waals surface area contributed by atoms with Crippen LogP contribution in [0.5, 0.6) is 5.75 Å². The van der Waals surface area contributed by atoms with Gasteiger partial charge >= 0.3 is 0 Å². The number of benzene rings is 2. The van der Waals surface area contributed by atoms with Gasteiger partial charge in [-0.2, -0.15) is 0 Å². The van der Waals surface area contributed by atoms with E-state index < -0.39 is 0 Å². The second-order valence-corrected chi connectivity index (χ2v) is 7.11. The molecule has 6 heteroatoms. The molecule has 1 fully saturated rings. The Morgan fingerprint density at radius 1 is 1.18 bits per heavy atom. The molecule has 0 aromatic heterocycles. The van der Waals surface area contributed by atoms with Crippen LogP contribution in [0.2, 0.25) is 0 Å². The van der Waals surface area contributed by atoms with Crippen molar-refractivity contribution in [3.63, 3.8) is 0 Å². The first-order valence-corrected chi connectivity index (χ1v) is 9.50. The van der Waals surface area contributed by atoms with Crippen molar-refractivity contribution in [2.75, 3.05) is 19.7 Å². The number of ether oxygens (including phenoxy) is 1. The lowest BCUT2D eigenvalue weighted by Crippen LogP contribution is -2.33. The molecule has 28 heavy (non-hydrogen) atoms. The second-order valence-electron chi connectivity index (χ2n) is 7.11. The predicted octanol–water partition coefficient (Wildman–Crippen LogP) is 3.07. The standard InChI is InChI=1S/C22H25FN2O3/c1-16-3-5-17(6-4-16)14-25-15-18(13-21(25)26)22(27)24-11-2-12-28-20-9-7-19(23)8-10-20/h3-10,18H,2,11-15H2,1H3,(H,24,27). The van der Waals surface area contributed by atoms with Crippen molar-refractivity contribution in [2.45, 2.75) is 26.3 Å². The molecule has 0 saturated carbocycles. The maximum Gasteiger partial charge on any atom is 0.225 e. The van der Waals surface area contributed by atoms with Gasteiger partial charge in [0.25, 0.3) is 0 Å². The molecular formula is C22H25FN2O3. The van der Waals surface area contributed by atoms with E-state index in [1.165, 1.54) is 17.7 Å². The molecule has 1 aliphatic rings. The van der Waals surface area contributed by atoms with Crippen LogP contribution in [0.4, 0.5) is 4.39 Å². The van der Waals surface area contributed by atoms with Crippen LogP contribution in [0, 0.1) is 18.7 Å². The Morgan fingerprint density at radius 3 is 2.61 bits per heavy atom. The maximum atomic E-state index is 12.8. The van der Waals surface area contributed by atoms with Gasteiger partial charge in [-0.3, -0.25) is 9.59 Å². The number of nitrogens with zero attached hydrogens (tertiary/aromatic N) is 1. The fourth-order valence-corrected chi connectivity index (χ4v) is 3.16. The number of amides is 2. The molecule has 1 N–H and O–H groups in total. The lowest BCUT2D eigenvalue weighted by molar-refractivity contribution is -0.129. The summed E-state index contributed by atoms with van der Waals surface area (Å²) in [6.07, 6.45) is 0.890. The van der Waals surface area contributed by atoms with Crippen molar-refractivity contribution in [3.05, 3.63) is 65.5 Å². The van der Waals surface area contributed by atoms with Crippen LogP contribution in [0.1, 0.15) is 24.0 Å². The molecule has 2 amide bonds. The van der Waals surface area contributed by atoms with Gasteiger partial charge < -0.3 is 15.0 Å². The average Bonchev–Trinajstić information content (AvgIpc) is 3.05. The van der Waals surface area contributed by atoms with Gasteiger partial charge in [0.1, 0.15) is 11.6 Å². The Balaban J connectivity index is 1.37. The number of aryl methyl sites for hydroxylation is 1. The molecule has 1 atom stereocenters. The van der Waals surface area contributed by atoms with E-state index >= 15 is 0 Å². The van der Waals surface area contributed by atoms with Gasteiger partial charge in [-0.05, 0) is 43.2 Å². The number of hydrogen-bond acceptors (Lipinski definition) is 3. The van der Waals surface area contributed by atoms with E-state index in [1.54, 1.807) is 17.0 Å². The van der Waals surface area contributed by atoms with E-state index in [0.717, 1.165) is 5.56 Å². The zero-order chi connectivity index (χ0) is 19.9. The van der Waals surface area contributed by atoms with E-state index in [2.05, 4.69) is 5.32 Å². The summed E-state index contributed by atoms with van der Waals surface area (Å²) in [6, 6.07) is 13.9. The average molecular weight is 384 g/mol. The Morgan fingerprint density at radius 2 is 1.89 bits per heavy atom. The van der Waals surface area contributed by atoms with Crippen LogP contribution in [-0.4, -0.2) is 36.4 Å². The summed E-state index contributed by atoms with van der Waals surface area (Å²) in [5, 5.41) is 2.87. The van der Waals surface area contributed by atoms with Crippen LogP contribution in [0.15, 0.2) is 48.5 Å². The van der Waals surface area contributed by atoms with Crippen molar-refractivity contribution in [1.29, 1.82) is 0 Å². The van der Waals surface area contributed by atoms with Gasteiger partial charge in [0.2, 0.25) is 11.8 Å². The van der Waals surface area contributed by atoms with Crippen LogP contribution in [0.25, 0.3) is 0 Å². The molecule has 3 rings (SSSR count). The molecule has 2 aromatic rings. The van der Waals surface area contributed by atoms with Gasteiger partial charge in [0, 0.05) is 26.1 Å². The third kappa shape index (κ3) is 5.55. The second kappa shape index (κ2) is 9.35. The summed E-state index contributed by atoms with van der Waals surface area (Å²) in [5.41, 5.74) is 2.25. The molecule has 2 aromatic carbocycles. The minimum Gasteiger partial charge on any atom is -0.494 e. The number of likely N-dealkylation sites (tertiary alicyclic amines) is 1. The van der Waals surface area contributed by atoms with Crippen molar-refractivity contribution in [3.8, 4) is 5.75 Å². The molecular weight excluding hydrogens is 359 g/mol. The van der Waals surface area contributed by atoms with Crippen LogP contribution in [0.3, 0.4) is 0 Å². The van der Waals surface area contributed by atoms with Crippen LogP contribution >= 0.6 is 0 Å². The van der Waals surface area contributed by atoms with Gasteiger partial charge in [0.05, 0.1) is 12.5 Å². The zero-order valence-corrected chi connectivity index (χ0v) is 16.0. The zero-order valence-electron chi connectivity index (χ0n) is 16.0. The number of carbonyl (C=O) groups is 2. The molecule has 0 aliphatic carbocycles. The highest BCUT2D eigenvalue weighted by atomic mass is 19.1. The first kappa shape index (κ1) is 19.9. The molecule has 1 saturated heterocycles. The summed E-state index contributed by atoms with van der Waals surface area (Å²) in [7, 11) is 0. The van der Waals surface area contributed by atoms with Gasteiger partial charge in [-0.1, -0.05) is 29.8 Å². The molecule has 0 bridgehead atoms. The normalized spacial score (nSPS) is 16.3. The predicted molar refractivity (Wildman–Crippen MR) is 104 cm³/mol. The van der Waals surface area contributed by atoms with E-state index in [9.17, 15) is 14.0 Å². The van der Waals surface area contributed by atoms with Gasteiger partial charge in [0.15, 0.2) is 0 Å². The van der Waals surface area contributed by atoms with Gasteiger partial charge in [-0.15, -0.1) is 0 Å². The van der Waals surface area contributed by atoms with E-state index in [4.69, 9.17) is 4.74 Å². The summed E-state index contributed by atoms with van der Waals surface area (Å²) >= 11 is 0. The van der Waals surface area contributed by atoms with Crippen molar-refractivity contribution >= 4 is 11.8 Å². The molecule has 1 aliphatic heterocycles. The number of rotatable bonds is 8. The third-order valence-electron chi connectivity index (χ3n) is 4.78. The first-order valence-electron chi connectivity index (χ1n) is 9.50. The fourth-order valence-electron chi connectivity index (χ4n) is 3.16. The molecule has 5 nitrogen and oxygen atoms in total. The smallest absolute Gasteiger partial charge is 0.225 e. The first-order chi connectivity index (χ1) is 13.5. The Kier molecular flexibility index (Phi) is 6.63. The minimum absolute atomic E-state index is 0.0142. The highest BCUT2D eigenvalue weighted by Crippen LogP contribution is 2.20. The van der Waals surface area contributed by atoms with E-state index in [0.29, 0.717) is 38.4 Å². The van der Waals surface area contributed by atoms with Crippen molar-refractivity contribution in [1.82, 2.24) is 10.2 Å². The Labute approximate surface area is 164 Å². The summed E-state index contributed by atoms with van der Waals surface area (Å²) < 4.78 is 18.3. The van der Waals surface area contributed by atoms with E-state index in [-0.39, 0.29) is 30.0 Å². The fraction of sp³-hybridized carbons (Fsp3) is 0.364. The van der Waals surface area contributed by atoms with E-state index in [1.807, 2.05) is 31.2 Å². The number of nitrogens with one attached hydrogen (secondary N) is 1. The van der Waals surface area contributed by atoms with Crippen molar-refractivity contribution < 1.29 is 18.7 Å². The minimum atomic E-state index is -0.309. The topological polar surface area (TPSA) is 58.6 Å². The SMILES string of the molecule is Cc1ccc(CN2CC(C(=O)NCCCOc3ccc(F)cc3)CC2=O)cc1.